The van der Waals surface area contributed by atoms with Crippen molar-refractivity contribution in [1.82, 2.24) is 9.55 Å². The van der Waals surface area contributed by atoms with E-state index in [0.717, 1.165) is 17.1 Å². The molecule has 0 saturated heterocycles. The van der Waals surface area contributed by atoms with Crippen LogP contribution in [0.5, 0.6) is 5.75 Å². The van der Waals surface area contributed by atoms with Crippen LogP contribution in [0, 0.1) is 0 Å². The van der Waals surface area contributed by atoms with Crippen LogP contribution in [-0.2, 0) is 7.05 Å². The molecule has 0 aliphatic rings. The van der Waals surface area contributed by atoms with E-state index in [4.69, 9.17) is 10.5 Å². The fourth-order valence-electron chi connectivity index (χ4n) is 1.55. The maximum absolute atomic E-state index is 5.47. The molecule has 2 aromatic rings. The highest BCUT2D eigenvalue weighted by atomic mass is 16.5. The summed E-state index contributed by atoms with van der Waals surface area (Å²) in [5, 5.41) is 0. The van der Waals surface area contributed by atoms with E-state index in [9.17, 15) is 0 Å². The van der Waals surface area contributed by atoms with Crippen LogP contribution in [0.3, 0.4) is 0 Å². The second kappa shape index (κ2) is 4.81. The Morgan fingerprint density at radius 1 is 1.44 bits per heavy atom. The van der Waals surface area contributed by atoms with Crippen molar-refractivity contribution in [2.45, 2.75) is 0 Å². The number of aromatic nitrogens is 2. The van der Waals surface area contributed by atoms with Crippen LogP contribution < -0.4 is 10.5 Å². The van der Waals surface area contributed by atoms with Crippen LogP contribution in [0.1, 0.15) is 0 Å². The minimum atomic E-state index is 0.520. The second-order valence-corrected chi connectivity index (χ2v) is 3.53. The summed E-state index contributed by atoms with van der Waals surface area (Å²) >= 11 is 0. The third kappa shape index (κ3) is 2.23. The third-order valence-corrected chi connectivity index (χ3v) is 2.30. The molecule has 0 atom stereocenters. The van der Waals surface area contributed by atoms with Crippen molar-refractivity contribution in [2.24, 2.45) is 12.8 Å². The molecule has 0 fully saturated rings. The van der Waals surface area contributed by atoms with E-state index < -0.39 is 0 Å². The van der Waals surface area contributed by atoms with Gasteiger partial charge in [-0.05, 0) is 12.1 Å². The maximum atomic E-state index is 5.47. The molecule has 1 aromatic carbocycles. The van der Waals surface area contributed by atoms with Gasteiger partial charge in [0.2, 0.25) is 0 Å². The van der Waals surface area contributed by atoms with Gasteiger partial charge in [0, 0.05) is 31.5 Å². The van der Waals surface area contributed by atoms with Crippen molar-refractivity contribution in [3.05, 3.63) is 36.7 Å². The van der Waals surface area contributed by atoms with Gasteiger partial charge in [0.05, 0.1) is 0 Å². The van der Waals surface area contributed by atoms with E-state index in [1.165, 1.54) is 0 Å². The van der Waals surface area contributed by atoms with Crippen molar-refractivity contribution in [2.75, 3.05) is 13.2 Å². The average molecular weight is 217 g/mol. The largest absolute Gasteiger partial charge is 0.492 e. The number of ether oxygens (including phenoxy) is 1. The lowest BCUT2D eigenvalue weighted by molar-refractivity contribution is 0.328. The molecule has 0 amide bonds. The van der Waals surface area contributed by atoms with Crippen molar-refractivity contribution < 1.29 is 4.74 Å². The van der Waals surface area contributed by atoms with Gasteiger partial charge in [0.25, 0.3) is 0 Å². The Morgan fingerprint density at radius 3 is 3.00 bits per heavy atom. The number of imidazole rings is 1. The summed E-state index contributed by atoms with van der Waals surface area (Å²) in [6, 6.07) is 7.85. The molecular weight excluding hydrogens is 202 g/mol. The summed E-state index contributed by atoms with van der Waals surface area (Å²) < 4.78 is 7.45. The smallest absolute Gasteiger partial charge is 0.139 e. The monoisotopic (exact) mass is 217 g/mol. The van der Waals surface area contributed by atoms with Crippen LogP contribution in [0.25, 0.3) is 11.4 Å². The van der Waals surface area contributed by atoms with Gasteiger partial charge in [-0.15, -0.1) is 0 Å². The highest BCUT2D eigenvalue weighted by Crippen LogP contribution is 2.21. The number of rotatable bonds is 4. The van der Waals surface area contributed by atoms with Gasteiger partial charge < -0.3 is 15.0 Å². The number of nitrogens with zero attached hydrogens (tertiary/aromatic N) is 2. The molecule has 4 nitrogen and oxygen atoms in total. The first kappa shape index (κ1) is 10.7. The summed E-state index contributed by atoms with van der Waals surface area (Å²) in [5.74, 6) is 1.75. The van der Waals surface area contributed by atoms with Crippen LogP contribution in [-0.4, -0.2) is 22.7 Å². The predicted molar refractivity (Wildman–Crippen MR) is 63.2 cm³/mol. The van der Waals surface area contributed by atoms with Gasteiger partial charge in [-0.3, -0.25) is 0 Å². The second-order valence-electron chi connectivity index (χ2n) is 3.53. The first-order chi connectivity index (χ1) is 7.81. The maximum Gasteiger partial charge on any atom is 0.139 e. The van der Waals surface area contributed by atoms with Gasteiger partial charge in [-0.1, -0.05) is 12.1 Å². The molecule has 0 aliphatic heterocycles. The molecule has 1 aromatic heterocycles. The standard InChI is InChI=1S/C12H15N3O/c1-15-7-6-14-12(15)10-3-2-4-11(9-10)16-8-5-13/h2-4,6-7,9H,5,8,13H2,1H3. The highest BCUT2D eigenvalue weighted by molar-refractivity contribution is 5.57. The summed E-state index contributed by atoms with van der Waals surface area (Å²) in [7, 11) is 1.97. The first-order valence-electron chi connectivity index (χ1n) is 5.22. The van der Waals surface area contributed by atoms with E-state index in [-0.39, 0.29) is 0 Å². The molecule has 0 radical (unpaired) electrons. The normalized spacial score (nSPS) is 10.4. The van der Waals surface area contributed by atoms with Gasteiger partial charge in [0.15, 0.2) is 0 Å². The number of hydrogen-bond donors (Lipinski definition) is 1. The van der Waals surface area contributed by atoms with Crippen LogP contribution in [0.2, 0.25) is 0 Å². The fraction of sp³-hybridized carbons (Fsp3) is 0.250. The topological polar surface area (TPSA) is 53.1 Å². The molecule has 0 spiro atoms. The van der Waals surface area contributed by atoms with Crippen molar-refractivity contribution >= 4 is 0 Å². The highest BCUT2D eigenvalue weighted by Gasteiger charge is 2.04. The quantitative estimate of drug-likeness (QED) is 0.842. The van der Waals surface area contributed by atoms with Crippen LogP contribution in [0.4, 0.5) is 0 Å². The Morgan fingerprint density at radius 2 is 2.31 bits per heavy atom. The van der Waals surface area contributed by atoms with Gasteiger partial charge in [0.1, 0.15) is 18.2 Å². The number of benzene rings is 1. The van der Waals surface area contributed by atoms with Crippen molar-refractivity contribution in [1.29, 1.82) is 0 Å². The third-order valence-electron chi connectivity index (χ3n) is 2.30. The van der Waals surface area contributed by atoms with Gasteiger partial charge in [-0.25, -0.2) is 4.98 Å². The van der Waals surface area contributed by atoms with Gasteiger partial charge in [-0.2, -0.15) is 0 Å². The number of hydrogen-bond acceptors (Lipinski definition) is 3. The molecule has 2 rings (SSSR count). The minimum absolute atomic E-state index is 0.520. The zero-order chi connectivity index (χ0) is 11.4. The molecule has 0 bridgehead atoms. The molecule has 84 valence electrons. The number of nitrogens with two attached hydrogens (primary N) is 1. The lowest BCUT2D eigenvalue weighted by Crippen LogP contribution is -2.10. The lowest BCUT2D eigenvalue weighted by Gasteiger charge is -2.06. The SMILES string of the molecule is Cn1ccnc1-c1cccc(OCCN)c1. The van der Waals surface area contributed by atoms with E-state index in [0.29, 0.717) is 13.2 Å². The zero-order valence-corrected chi connectivity index (χ0v) is 9.26. The Labute approximate surface area is 94.7 Å². The minimum Gasteiger partial charge on any atom is -0.492 e. The van der Waals surface area contributed by atoms with Crippen molar-refractivity contribution in [3.8, 4) is 17.1 Å². The molecule has 1 heterocycles. The predicted octanol–water partition coefficient (Wildman–Crippen LogP) is 1.42. The molecule has 4 heteroatoms. The molecule has 2 N–H and O–H groups in total. The Balaban J connectivity index is 2.26. The Bertz CT molecular complexity index is 465. The Kier molecular flexibility index (Phi) is 3.22. The molecule has 0 aliphatic carbocycles. The number of aryl methyl sites for hydroxylation is 1. The van der Waals surface area contributed by atoms with E-state index >= 15 is 0 Å². The Hall–Kier alpha value is -1.81. The molecular formula is C12H15N3O. The summed E-state index contributed by atoms with van der Waals surface area (Å²) in [5.41, 5.74) is 6.44. The van der Waals surface area contributed by atoms with E-state index in [1.807, 2.05) is 42.1 Å². The average Bonchev–Trinajstić information content (AvgIpc) is 2.73. The fourth-order valence-corrected chi connectivity index (χ4v) is 1.55. The van der Waals surface area contributed by atoms with E-state index in [1.54, 1.807) is 6.20 Å². The van der Waals surface area contributed by atoms with Crippen molar-refractivity contribution in [3.63, 3.8) is 0 Å². The molecule has 16 heavy (non-hydrogen) atoms. The zero-order valence-electron chi connectivity index (χ0n) is 9.26. The van der Waals surface area contributed by atoms with Crippen LogP contribution >= 0.6 is 0 Å². The van der Waals surface area contributed by atoms with Gasteiger partial charge >= 0.3 is 0 Å². The van der Waals surface area contributed by atoms with Crippen LogP contribution in [0.15, 0.2) is 36.7 Å². The molecule has 0 saturated carbocycles. The molecule has 0 unspecified atom stereocenters. The van der Waals surface area contributed by atoms with E-state index in [2.05, 4.69) is 4.98 Å². The summed E-state index contributed by atoms with van der Waals surface area (Å²) in [6.45, 7) is 1.05. The summed E-state index contributed by atoms with van der Waals surface area (Å²) in [6.07, 6.45) is 3.70. The summed E-state index contributed by atoms with van der Waals surface area (Å²) in [4.78, 5) is 4.29. The lowest BCUT2D eigenvalue weighted by atomic mass is 10.2. The first-order valence-corrected chi connectivity index (χ1v) is 5.22.